The average molecular weight is 93.9 g/mol. The molecule has 1 aromatic rings. The molecule has 0 aliphatic heterocycles. The number of rotatable bonds is 1. The third kappa shape index (κ3) is 0.767. The summed E-state index contributed by atoms with van der Waals surface area (Å²) < 4.78 is 4.57. The van der Waals surface area contributed by atoms with Crippen molar-refractivity contribution in [3.8, 4) is 0 Å². The maximum atomic E-state index is 9.81. The van der Waals surface area contributed by atoms with Gasteiger partial charge < -0.3 is 0 Å². The molecule has 1 rings (SSSR count). The van der Waals surface area contributed by atoms with E-state index in [0.717, 1.165) is 6.29 Å². The van der Waals surface area contributed by atoms with Gasteiger partial charge in [0.1, 0.15) is 0 Å². The van der Waals surface area contributed by atoms with E-state index in [9.17, 15) is 4.79 Å². The van der Waals surface area contributed by atoms with Gasteiger partial charge in [0.05, 0.1) is 0 Å². The van der Waals surface area contributed by atoms with Crippen LogP contribution in [0, 0.1) is 0 Å². The van der Waals surface area contributed by atoms with E-state index in [2.05, 4.69) is 4.33 Å². The first-order chi connectivity index (χ1) is 3.43. The summed E-state index contributed by atoms with van der Waals surface area (Å²) in [5, 5.41) is 0. The summed E-state index contributed by atoms with van der Waals surface area (Å²) in [6.07, 6.45) is 2.20. The van der Waals surface area contributed by atoms with Crippen molar-refractivity contribution in [1.82, 2.24) is 0 Å². The zero-order chi connectivity index (χ0) is 5.11. The van der Waals surface area contributed by atoms with Crippen molar-refractivity contribution >= 4 is 13.4 Å². The predicted molar refractivity (Wildman–Crippen MR) is 25.4 cm³/mol. The monoisotopic (exact) mass is 94.0 g/mol. The summed E-state index contributed by atoms with van der Waals surface area (Å²) in [7, 11) is 1.40. The van der Waals surface area contributed by atoms with E-state index in [0.29, 0.717) is 5.46 Å². The Morgan fingerprint density at radius 2 is 2.71 bits per heavy atom. The summed E-state index contributed by atoms with van der Waals surface area (Å²) >= 11 is 0. The summed E-state index contributed by atoms with van der Waals surface area (Å²) in [4.78, 5) is 9.81. The van der Waals surface area contributed by atoms with E-state index in [1.807, 2.05) is 0 Å². The van der Waals surface area contributed by atoms with Gasteiger partial charge in [0.15, 0.2) is 0 Å². The molecule has 2 nitrogen and oxygen atoms in total. The SMILES string of the molecule is O=Cc1bocc1. The molecule has 1 aromatic heterocycles. The number of aldehydes is 1. The van der Waals surface area contributed by atoms with Gasteiger partial charge in [-0.3, -0.25) is 0 Å². The fourth-order valence-corrected chi connectivity index (χ4v) is 0.342. The van der Waals surface area contributed by atoms with Gasteiger partial charge >= 0.3 is 40.3 Å². The number of hydrogen-bond acceptors (Lipinski definition) is 2. The van der Waals surface area contributed by atoms with Gasteiger partial charge in [-0.25, -0.2) is 0 Å². The zero-order valence-electron chi connectivity index (χ0n) is 3.63. The Labute approximate surface area is 41.4 Å². The van der Waals surface area contributed by atoms with Crippen molar-refractivity contribution in [1.29, 1.82) is 0 Å². The van der Waals surface area contributed by atoms with E-state index in [-0.39, 0.29) is 0 Å². The molecule has 0 bridgehead atoms. The Morgan fingerprint density at radius 3 is 3.00 bits per heavy atom. The molecule has 0 aliphatic rings. The van der Waals surface area contributed by atoms with Crippen molar-refractivity contribution in [2.45, 2.75) is 0 Å². The van der Waals surface area contributed by atoms with Crippen LogP contribution in [0.2, 0.25) is 0 Å². The molecule has 7 heavy (non-hydrogen) atoms. The Balaban J connectivity index is 2.96. The van der Waals surface area contributed by atoms with Crippen LogP contribution in [-0.2, 0) is 0 Å². The van der Waals surface area contributed by atoms with Crippen LogP contribution in [0.4, 0.5) is 0 Å². The van der Waals surface area contributed by atoms with Crippen molar-refractivity contribution < 1.29 is 9.13 Å². The second kappa shape index (κ2) is 1.73. The second-order valence-corrected chi connectivity index (χ2v) is 1.17. The van der Waals surface area contributed by atoms with Crippen LogP contribution >= 0.6 is 0 Å². The molecular weight excluding hydrogens is 90.9 g/mol. The van der Waals surface area contributed by atoms with Crippen molar-refractivity contribution in [2.75, 3.05) is 0 Å². The minimum atomic E-state index is 0.583. The number of carbonyl (C=O) groups excluding carboxylic acids is 1. The molecule has 0 saturated heterocycles. The number of hydrogen-bond donors (Lipinski definition) is 0. The second-order valence-electron chi connectivity index (χ2n) is 1.17. The normalized spacial score (nSPS) is 8.00. The van der Waals surface area contributed by atoms with Gasteiger partial charge in [0.2, 0.25) is 0 Å². The zero-order valence-corrected chi connectivity index (χ0v) is 3.63. The molecule has 0 atom stereocenters. The molecule has 0 fully saturated rings. The Hall–Kier alpha value is -0.855. The molecule has 0 saturated carbocycles. The Bertz CT molecular complexity index is 145. The van der Waals surface area contributed by atoms with Gasteiger partial charge in [-0.1, -0.05) is 0 Å². The Kier molecular flexibility index (Phi) is 1.07. The molecule has 0 unspecified atom stereocenters. The fraction of sp³-hybridized carbons (Fsp3) is 0. The van der Waals surface area contributed by atoms with Gasteiger partial charge in [-0.15, -0.1) is 0 Å². The standard InChI is InChI=1S/C4H3BO2/c6-3-4-1-2-7-5-4/h1-3H. The van der Waals surface area contributed by atoms with Gasteiger partial charge in [0, 0.05) is 0 Å². The van der Waals surface area contributed by atoms with E-state index in [4.69, 9.17) is 0 Å². The van der Waals surface area contributed by atoms with E-state index in [1.165, 1.54) is 13.4 Å². The van der Waals surface area contributed by atoms with Crippen LogP contribution in [0.25, 0.3) is 0 Å². The minimum absolute atomic E-state index is 0.583. The van der Waals surface area contributed by atoms with Crippen molar-refractivity contribution in [2.24, 2.45) is 0 Å². The van der Waals surface area contributed by atoms with Crippen molar-refractivity contribution in [3.05, 3.63) is 17.8 Å². The topological polar surface area (TPSA) is 30.2 Å². The number of carbonyl (C=O) groups is 1. The fourth-order valence-electron chi connectivity index (χ4n) is 0.342. The molecule has 0 spiro atoms. The molecule has 34 valence electrons. The summed E-state index contributed by atoms with van der Waals surface area (Å²) in [5.41, 5.74) is 0.583. The maximum absolute atomic E-state index is 9.81. The average Bonchev–Trinajstić information content (AvgIpc) is 2.14. The predicted octanol–water partition coefficient (Wildman–Crippen LogP) is 0.430. The van der Waals surface area contributed by atoms with Gasteiger partial charge in [-0.2, -0.15) is 0 Å². The van der Waals surface area contributed by atoms with Crippen LogP contribution in [-0.4, -0.2) is 13.4 Å². The van der Waals surface area contributed by atoms with Crippen LogP contribution in [0.1, 0.15) is 10.3 Å². The summed E-state index contributed by atoms with van der Waals surface area (Å²) in [6.45, 7) is 0. The summed E-state index contributed by atoms with van der Waals surface area (Å²) in [6, 6.07) is 1.60. The molecule has 1 heterocycles. The third-order valence-corrected chi connectivity index (χ3v) is 0.679. The van der Waals surface area contributed by atoms with Gasteiger partial charge in [0.25, 0.3) is 0 Å². The first-order valence-electron chi connectivity index (χ1n) is 1.91. The summed E-state index contributed by atoms with van der Waals surface area (Å²) in [5.74, 6) is 0. The third-order valence-electron chi connectivity index (χ3n) is 0.679. The van der Waals surface area contributed by atoms with Crippen LogP contribution in [0.5, 0.6) is 0 Å². The molecule has 3 heteroatoms. The first kappa shape index (κ1) is 4.31. The molecule has 0 N–H and O–H groups in total. The molecule has 0 aliphatic carbocycles. The first-order valence-corrected chi connectivity index (χ1v) is 1.91. The Morgan fingerprint density at radius 1 is 1.86 bits per heavy atom. The molecular formula is C4H3BO2. The van der Waals surface area contributed by atoms with Crippen LogP contribution < -0.4 is 0 Å². The van der Waals surface area contributed by atoms with Crippen molar-refractivity contribution in [3.63, 3.8) is 0 Å². The quantitative estimate of drug-likeness (QED) is 0.472. The molecule has 0 radical (unpaired) electrons. The molecule has 0 aromatic carbocycles. The van der Waals surface area contributed by atoms with Gasteiger partial charge in [-0.05, 0) is 0 Å². The van der Waals surface area contributed by atoms with E-state index >= 15 is 0 Å². The molecule has 0 amide bonds. The van der Waals surface area contributed by atoms with E-state index < -0.39 is 0 Å². The van der Waals surface area contributed by atoms with Crippen LogP contribution in [0.3, 0.4) is 0 Å². The van der Waals surface area contributed by atoms with E-state index in [1.54, 1.807) is 6.07 Å². The van der Waals surface area contributed by atoms with Crippen LogP contribution in [0.15, 0.2) is 16.7 Å².